The van der Waals surface area contributed by atoms with Crippen LogP contribution in [0.1, 0.15) is 16.1 Å². The van der Waals surface area contributed by atoms with Crippen molar-refractivity contribution in [1.82, 2.24) is 5.43 Å². The second-order valence-electron chi connectivity index (χ2n) is 5.03. The standard InChI is InChI=1S/C18H11Cl2FN2O2/c19-12-3-7-15(16(20)9-12)18(24)23-22-10-14-6-8-17(25-14)11-1-4-13(21)5-2-11/h1-10H,(H,23,24)/b22-10+. The number of rotatable bonds is 4. The molecular formula is C18H11Cl2FN2O2. The van der Waals surface area contributed by atoms with E-state index in [0.717, 1.165) is 5.56 Å². The molecule has 3 aromatic rings. The fourth-order valence-electron chi connectivity index (χ4n) is 2.08. The molecule has 2 aromatic carbocycles. The summed E-state index contributed by atoms with van der Waals surface area (Å²) in [6.07, 6.45) is 1.36. The average Bonchev–Trinajstić information content (AvgIpc) is 3.04. The number of nitrogens with zero attached hydrogens (tertiary/aromatic N) is 1. The van der Waals surface area contributed by atoms with E-state index < -0.39 is 5.91 Å². The summed E-state index contributed by atoms with van der Waals surface area (Å²) in [5, 5.41) is 4.50. The third kappa shape index (κ3) is 4.26. The molecule has 0 spiro atoms. The van der Waals surface area contributed by atoms with E-state index in [2.05, 4.69) is 10.5 Å². The summed E-state index contributed by atoms with van der Waals surface area (Å²) < 4.78 is 18.5. The Bertz CT molecular complexity index is 937. The van der Waals surface area contributed by atoms with Crippen LogP contribution in [0.4, 0.5) is 4.39 Å². The van der Waals surface area contributed by atoms with Gasteiger partial charge in [0.05, 0.1) is 16.8 Å². The van der Waals surface area contributed by atoms with Crippen LogP contribution >= 0.6 is 23.2 Å². The van der Waals surface area contributed by atoms with Crippen molar-refractivity contribution >= 4 is 35.3 Å². The van der Waals surface area contributed by atoms with Crippen LogP contribution in [0.5, 0.6) is 0 Å². The number of furan rings is 1. The second-order valence-corrected chi connectivity index (χ2v) is 5.88. The van der Waals surface area contributed by atoms with Gasteiger partial charge in [-0.1, -0.05) is 23.2 Å². The van der Waals surface area contributed by atoms with Crippen molar-refractivity contribution in [2.24, 2.45) is 5.10 Å². The van der Waals surface area contributed by atoms with Crippen LogP contribution in [0.15, 0.2) is 64.1 Å². The van der Waals surface area contributed by atoms with Gasteiger partial charge < -0.3 is 4.42 Å². The van der Waals surface area contributed by atoms with Crippen molar-refractivity contribution in [2.45, 2.75) is 0 Å². The minimum atomic E-state index is -0.469. The molecule has 3 rings (SSSR count). The maximum Gasteiger partial charge on any atom is 0.272 e. The highest BCUT2D eigenvalue weighted by Gasteiger charge is 2.10. The van der Waals surface area contributed by atoms with Crippen LogP contribution in [0.2, 0.25) is 10.0 Å². The molecule has 0 aliphatic rings. The van der Waals surface area contributed by atoms with Crippen LogP contribution in [0.3, 0.4) is 0 Å². The number of hydrogen-bond acceptors (Lipinski definition) is 3. The first kappa shape index (κ1) is 17.2. The molecule has 0 saturated heterocycles. The molecule has 0 bridgehead atoms. The summed E-state index contributed by atoms with van der Waals surface area (Å²) >= 11 is 11.7. The smallest absolute Gasteiger partial charge is 0.272 e. The Kier molecular flexibility index (Phi) is 5.16. The molecule has 0 fully saturated rings. The van der Waals surface area contributed by atoms with Crippen molar-refractivity contribution in [2.75, 3.05) is 0 Å². The number of halogens is 3. The number of amides is 1. The summed E-state index contributed by atoms with van der Waals surface area (Å²) in [6, 6.07) is 13.9. The topological polar surface area (TPSA) is 54.6 Å². The molecule has 1 amide bonds. The van der Waals surface area contributed by atoms with E-state index in [-0.39, 0.29) is 16.4 Å². The fourth-order valence-corrected chi connectivity index (χ4v) is 2.57. The van der Waals surface area contributed by atoms with E-state index in [1.54, 1.807) is 30.3 Å². The van der Waals surface area contributed by atoms with Crippen LogP contribution < -0.4 is 5.43 Å². The van der Waals surface area contributed by atoms with Gasteiger partial charge in [0.2, 0.25) is 0 Å². The van der Waals surface area contributed by atoms with Gasteiger partial charge in [-0.15, -0.1) is 0 Å². The first-order valence-corrected chi connectivity index (χ1v) is 7.93. The van der Waals surface area contributed by atoms with Crippen LogP contribution in [0, 0.1) is 5.82 Å². The number of carbonyl (C=O) groups excluding carboxylic acids is 1. The van der Waals surface area contributed by atoms with Crippen molar-refractivity contribution in [3.63, 3.8) is 0 Å². The summed E-state index contributed by atoms with van der Waals surface area (Å²) in [5.41, 5.74) is 3.35. The van der Waals surface area contributed by atoms with E-state index in [1.807, 2.05) is 0 Å². The summed E-state index contributed by atoms with van der Waals surface area (Å²) in [5.74, 6) is 0.208. The molecule has 0 atom stereocenters. The lowest BCUT2D eigenvalue weighted by Gasteiger charge is -2.02. The second kappa shape index (κ2) is 7.51. The minimum absolute atomic E-state index is 0.233. The Morgan fingerprint density at radius 3 is 2.56 bits per heavy atom. The number of benzene rings is 2. The number of hydrogen-bond donors (Lipinski definition) is 1. The SMILES string of the molecule is O=C(N/N=C/c1ccc(-c2ccc(F)cc2)o1)c1ccc(Cl)cc1Cl. The van der Waals surface area contributed by atoms with E-state index in [0.29, 0.717) is 16.5 Å². The largest absolute Gasteiger partial charge is 0.455 e. The molecule has 126 valence electrons. The van der Waals surface area contributed by atoms with Crippen LogP contribution in [0.25, 0.3) is 11.3 Å². The van der Waals surface area contributed by atoms with Crippen molar-refractivity contribution < 1.29 is 13.6 Å². The van der Waals surface area contributed by atoms with Crippen molar-refractivity contribution in [3.05, 3.63) is 81.8 Å². The normalized spacial score (nSPS) is 11.0. The summed E-state index contributed by atoms with van der Waals surface area (Å²) in [7, 11) is 0. The van der Waals surface area contributed by atoms with Gasteiger partial charge in [-0.2, -0.15) is 5.10 Å². The predicted molar refractivity (Wildman–Crippen MR) is 95.6 cm³/mol. The molecule has 1 N–H and O–H groups in total. The Morgan fingerprint density at radius 2 is 1.84 bits per heavy atom. The zero-order valence-corrected chi connectivity index (χ0v) is 14.2. The van der Waals surface area contributed by atoms with Gasteiger partial charge >= 0.3 is 0 Å². The Balaban J connectivity index is 1.66. The van der Waals surface area contributed by atoms with Gasteiger partial charge in [-0.25, -0.2) is 9.82 Å². The van der Waals surface area contributed by atoms with E-state index >= 15 is 0 Å². The van der Waals surface area contributed by atoms with E-state index in [4.69, 9.17) is 27.6 Å². The third-order valence-corrected chi connectivity index (χ3v) is 3.84. The average molecular weight is 377 g/mol. The minimum Gasteiger partial charge on any atom is -0.455 e. The molecule has 0 aliphatic heterocycles. The lowest BCUT2D eigenvalue weighted by Crippen LogP contribution is -2.17. The van der Waals surface area contributed by atoms with E-state index in [1.165, 1.54) is 30.5 Å². The quantitative estimate of drug-likeness (QED) is 0.505. The Labute approximate surface area is 152 Å². The van der Waals surface area contributed by atoms with Gasteiger partial charge in [0.25, 0.3) is 5.91 Å². The molecular weight excluding hydrogens is 366 g/mol. The molecule has 25 heavy (non-hydrogen) atoms. The van der Waals surface area contributed by atoms with E-state index in [9.17, 15) is 9.18 Å². The van der Waals surface area contributed by atoms with Gasteiger partial charge in [0.1, 0.15) is 17.3 Å². The number of nitrogens with one attached hydrogen (secondary N) is 1. The van der Waals surface area contributed by atoms with Gasteiger partial charge in [0.15, 0.2) is 0 Å². The Hall–Kier alpha value is -2.63. The van der Waals surface area contributed by atoms with Gasteiger partial charge in [0, 0.05) is 10.6 Å². The first-order chi connectivity index (χ1) is 12.0. The highest BCUT2D eigenvalue weighted by atomic mass is 35.5. The van der Waals surface area contributed by atoms with Crippen molar-refractivity contribution in [3.8, 4) is 11.3 Å². The van der Waals surface area contributed by atoms with Crippen LogP contribution in [-0.4, -0.2) is 12.1 Å². The maximum absolute atomic E-state index is 12.9. The Morgan fingerprint density at radius 1 is 1.08 bits per heavy atom. The zero-order valence-electron chi connectivity index (χ0n) is 12.7. The molecule has 0 saturated carbocycles. The molecule has 7 heteroatoms. The molecule has 0 radical (unpaired) electrons. The van der Waals surface area contributed by atoms with Crippen LogP contribution in [-0.2, 0) is 0 Å². The molecule has 1 aromatic heterocycles. The van der Waals surface area contributed by atoms with Gasteiger partial charge in [-0.05, 0) is 54.6 Å². The third-order valence-electron chi connectivity index (χ3n) is 3.29. The maximum atomic E-state index is 12.9. The number of carbonyl (C=O) groups is 1. The highest BCUT2D eigenvalue weighted by Crippen LogP contribution is 2.22. The summed E-state index contributed by atoms with van der Waals surface area (Å²) in [6.45, 7) is 0. The predicted octanol–water partition coefficient (Wildman–Crippen LogP) is 5.16. The number of hydrazone groups is 1. The lowest BCUT2D eigenvalue weighted by molar-refractivity contribution is 0.0955. The monoisotopic (exact) mass is 376 g/mol. The summed E-state index contributed by atoms with van der Waals surface area (Å²) in [4.78, 5) is 12.0. The zero-order chi connectivity index (χ0) is 17.8. The van der Waals surface area contributed by atoms with Gasteiger partial charge in [-0.3, -0.25) is 4.79 Å². The fraction of sp³-hybridized carbons (Fsp3) is 0. The first-order valence-electron chi connectivity index (χ1n) is 7.17. The highest BCUT2D eigenvalue weighted by molar-refractivity contribution is 6.36. The lowest BCUT2D eigenvalue weighted by atomic mass is 10.2. The molecule has 0 unspecified atom stereocenters. The van der Waals surface area contributed by atoms with Crippen molar-refractivity contribution in [1.29, 1.82) is 0 Å². The molecule has 1 heterocycles. The molecule has 0 aliphatic carbocycles. The molecule has 4 nitrogen and oxygen atoms in total.